The van der Waals surface area contributed by atoms with Gasteiger partial charge in [0.05, 0.1) is 10.6 Å². The molecule has 0 aliphatic rings. The van der Waals surface area contributed by atoms with Crippen LogP contribution in [0, 0.1) is 17.0 Å². The minimum absolute atomic E-state index is 0.0112. The summed E-state index contributed by atoms with van der Waals surface area (Å²) >= 11 is 7.21. The maximum Gasteiger partial charge on any atom is 0.269 e. The molecule has 0 radical (unpaired) electrons. The van der Waals surface area contributed by atoms with E-state index in [1.165, 1.54) is 23.5 Å². The quantitative estimate of drug-likeness (QED) is 0.475. The van der Waals surface area contributed by atoms with E-state index in [0.29, 0.717) is 21.6 Å². The maximum absolute atomic E-state index is 12.0. The monoisotopic (exact) mass is 403 g/mol. The van der Waals surface area contributed by atoms with Crippen molar-refractivity contribution in [3.05, 3.63) is 68.5 Å². The van der Waals surface area contributed by atoms with Gasteiger partial charge in [-0.05, 0) is 42.8 Å². The molecule has 0 saturated heterocycles. The van der Waals surface area contributed by atoms with Crippen LogP contribution in [0.15, 0.2) is 47.8 Å². The number of non-ortho nitro benzene ring substituents is 1. The second kappa shape index (κ2) is 8.15. The van der Waals surface area contributed by atoms with Crippen LogP contribution in [-0.4, -0.2) is 22.4 Å². The number of aromatic nitrogens is 1. The van der Waals surface area contributed by atoms with Crippen LogP contribution in [0.25, 0.3) is 11.3 Å². The van der Waals surface area contributed by atoms with Gasteiger partial charge in [0.1, 0.15) is 5.75 Å². The summed E-state index contributed by atoms with van der Waals surface area (Å²) in [5, 5.41) is 16.2. The van der Waals surface area contributed by atoms with Gasteiger partial charge >= 0.3 is 0 Å². The van der Waals surface area contributed by atoms with Gasteiger partial charge in [-0.1, -0.05) is 11.6 Å². The highest BCUT2D eigenvalue weighted by atomic mass is 35.5. The summed E-state index contributed by atoms with van der Waals surface area (Å²) in [4.78, 5) is 26.6. The van der Waals surface area contributed by atoms with E-state index >= 15 is 0 Å². The Balaban J connectivity index is 1.58. The van der Waals surface area contributed by atoms with Crippen molar-refractivity contribution in [1.82, 2.24) is 4.98 Å². The normalized spacial score (nSPS) is 10.4. The van der Waals surface area contributed by atoms with Crippen LogP contribution < -0.4 is 10.1 Å². The van der Waals surface area contributed by atoms with Crippen LogP contribution in [0.3, 0.4) is 0 Å². The van der Waals surface area contributed by atoms with Crippen molar-refractivity contribution in [1.29, 1.82) is 0 Å². The lowest BCUT2D eigenvalue weighted by Crippen LogP contribution is -2.20. The average Bonchev–Trinajstić information content (AvgIpc) is 3.11. The molecule has 0 bridgehead atoms. The Labute approximate surface area is 163 Å². The summed E-state index contributed by atoms with van der Waals surface area (Å²) in [7, 11) is 0. The van der Waals surface area contributed by atoms with Crippen molar-refractivity contribution in [3.63, 3.8) is 0 Å². The summed E-state index contributed by atoms with van der Waals surface area (Å²) < 4.78 is 5.45. The number of benzene rings is 2. The molecule has 9 heteroatoms. The zero-order valence-corrected chi connectivity index (χ0v) is 15.7. The van der Waals surface area contributed by atoms with Gasteiger partial charge in [-0.3, -0.25) is 20.2 Å². The van der Waals surface area contributed by atoms with E-state index in [2.05, 4.69) is 10.3 Å². The maximum atomic E-state index is 12.0. The molecule has 0 spiro atoms. The summed E-state index contributed by atoms with van der Waals surface area (Å²) in [5.41, 5.74) is 2.23. The third-order valence-corrected chi connectivity index (χ3v) is 4.81. The smallest absolute Gasteiger partial charge is 0.269 e. The second-order valence-electron chi connectivity index (χ2n) is 5.59. The first-order chi connectivity index (χ1) is 12.9. The Bertz CT molecular complexity index is 989. The van der Waals surface area contributed by atoms with Crippen molar-refractivity contribution in [3.8, 4) is 17.0 Å². The summed E-state index contributed by atoms with van der Waals surface area (Å²) in [6.45, 7) is 1.69. The number of carbonyl (C=O) groups is 1. The third-order valence-electron chi connectivity index (χ3n) is 3.62. The lowest BCUT2D eigenvalue weighted by atomic mass is 10.1. The highest BCUT2D eigenvalue weighted by Crippen LogP contribution is 2.26. The van der Waals surface area contributed by atoms with Gasteiger partial charge < -0.3 is 4.74 Å². The van der Waals surface area contributed by atoms with E-state index in [1.807, 2.05) is 6.92 Å². The molecule has 0 aliphatic carbocycles. The molecule has 3 aromatic rings. The largest absolute Gasteiger partial charge is 0.484 e. The fourth-order valence-electron chi connectivity index (χ4n) is 2.23. The standard InChI is InChI=1S/C18H14ClN3O4S/c1-11-8-14(6-7-15(11)19)26-9-17(23)21-18-20-16(10-27-18)12-2-4-13(5-3-12)22(24)25/h2-8,10H,9H2,1H3,(H,20,21,23). The first-order valence-corrected chi connectivity index (χ1v) is 9.07. The number of nitro groups is 1. The van der Waals surface area contributed by atoms with Crippen molar-refractivity contribution in [2.24, 2.45) is 0 Å². The zero-order chi connectivity index (χ0) is 19.4. The Hall–Kier alpha value is -2.97. The van der Waals surface area contributed by atoms with Crippen LogP contribution in [0.4, 0.5) is 10.8 Å². The van der Waals surface area contributed by atoms with Gasteiger partial charge in [0.2, 0.25) is 0 Å². The molecule has 1 N–H and O–H groups in total. The number of hydrogen-bond acceptors (Lipinski definition) is 6. The molecule has 27 heavy (non-hydrogen) atoms. The molecule has 0 fully saturated rings. The lowest BCUT2D eigenvalue weighted by Gasteiger charge is -2.07. The molecule has 1 aromatic heterocycles. The molecule has 1 heterocycles. The molecule has 1 amide bonds. The average molecular weight is 404 g/mol. The number of ether oxygens (including phenoxy) is 1. The number of anilines is 1. The fraction of sp³-hybridized carbons (Fsp3) is 0.111. The van der Waals surface area contributed by atoms with E-state index in [-0.39, 0.29) is 18.2 Å². The fourth-order valence-corrected chi connectivity index (χ4v) is 3.08. The van der Waals surface area contributed by atoms with E-state index in [1.54, 1.807) is 35.7 Å². The molecule has 0 saturated carbocycles. The van der Waals surface area contributed by atoms with Gasteiger partial charge in [0, 0.05) is 28.1 Å². The predicted molar refractivity (Wildman–Crippen MR) is 105 cm³/mol. The Kier molecular flexibility index (Phi) is 5.68. The number of carbonyl (C=O) groups excluding carboxylic acids is 1. The highest BCUT2D eigenvalue weighted by Gasteiger charge is 2.11. The Morgan fingerprint density at radius 1 is 1.30 bits per heavy atom. The molecule has 3 rings (SSSR count). The second-order valence-corrected chi connectivity index (χ2v) is 6.86. The van der Waals surface area contributed by atoms with Crippen LogP contribution in [0.1, 0.15) is 5.56 Å². The van der Waals surface area contributed by atoms with Gasteiger partial charge in [0.25, 0.3) is 11.6 Å². The van der Waals surface area contributed by atoms with Crippen molar-refractivity contribution >= 4 is 39.7 Å². The molecular formula is C18H14ClN3O4S. The number of hydrogen-bond donors (Lipinski definition) is 1. The number of halogens is 1. The SMILES string of the molecule is Cc1cc(OCC(=O)Nc2nc(-c3ccc([N+](=O)[O-])cc3)cs2)ccc1Cl. The minimum atomic E-state index is -0.460. The Morgan fingerprint density at radius 2 is 2.04 bits per heavy atom. The lowest BCUT2D eigenvalue weighted by molar-refractivity contribution is -0.384. The molecule has 138 valence electrons. The van der Waals surface area contributed by atoms with Crippen LogP contribution in [-0.2, 0) is 4.79 Å². The number of nitro benzene ring substituents is 1. The van der Waals surface area contributed by atoms with Gasteiger partial charge in [-0.2, -0.15) is 0 Å². The van der Waals surface area contributed by atoms with Gasteiger partial charge in [-0.25, -0.2) is 4.98 Å². The van der Waals surface area contributed by atoms with Crippen LogP contribution >= 0.6 is 22.9 Å². The third kappa shape index (κ3) is 4.81. The highest BCUT2D eigenvalue weighted by molar-refractivity contribution is 7.14. The first-order valence-electron chi connectivity index (χ1n) is 7.81. The number of nitrogens with one attached hydrogen (secondary N) is 1. The van der Waals surface area contributed by atoms with Gasteiger partial charge in [-0.15, -0.1) is 11.3 Å². The van der Waals surface area contributed by atoms with Crippen molar-refractivity contribution < 1.29 is 14.5 Å². The van der Waals surface area contributed by atoms with E-state index in [4.69, 9.17) is 16.3 Å². The summed E-state index contributed by atoms with van der Waals surface area (Å²) in [5.74, 6) is 0.213. The molecule has 0 aliphatic heterocycles. The summed E-state index contributed by atoms with van der Waals surface area (Å²) in [6.07, 6.45) is 0. The molecule has 0 unspecified atom stereocenters. The molecule has 0 atom stereocenters. The topological polar surface area (TPSA) is 94.4 Å². The Morgan fingerprint density at radius 3 is 2.70 bits per heavy atom. The number of thiazole rings is 1. The van der Waals surface area contributed by atoms with Crippen molar-refractivity contribution in [2.45, 2.75) is 6.92 Å². The van der Waals surface area contributed by atoms with Gasteiger partial charge in [0.15, 0.2) is 11.7 Å². The first kappa shape index (κ1) is 18.8. The predicted octanol–water partition coefficient (Wildman–Crippen LogP) is 4.70. The van der Waals surface area contributed by atoms with Crippen LogP contribution in [0.5, 0.6) is 5.75 Å². The molecular weight excluding hydrogens is 390 g/mol. The zero-order valence-electron chi connectivity index (χ0n) is 14.1. The number of nitrogens with zero attached hydrogens (tertiary/aromatic N) is 2. The van der Waals surface area contributed by atoms with E-state index in [0.717, 1.165) is 11.1 Å². The number of aryl methyl sites for hydroxylation is 1. The minimum Gasteiger partial charge on any atom is -0.484 e. The number of amides is 1. The van der Waals surface area contributed by atoms with E-state index < -0.39 is 4.92 Å². The molecule has 2 aromatic carbocycles. The van der Waals surface area contributed by atoms with E-state index in [9.17, 15) is 14.9 Å². The van der Waals surface area contributed by atoms with Crippen LogP contribution in [0.2, 0.25) is 5.02 Å². The summed E-state index contributed by atoms with van der Waals surface area (Å²) in [6, 6.07) is 11.2. The molecule has 7 nitrogen and oxygen atoms in total. The number of rotatable bonds is 6. The van der Waals surface area contributed by atoms with Crippen molar-refractivity contribution in [2.75, 3.05) is 11.9 Å².